The SMILES string of the molecule is CC1CCCCCN1C(=O)NC(CCC(N)=O)C(=O)O. The fourth-order valence-electron chi connectivity index (χ4n) is 2.35. The Morgan fingerprint density at radius 2 is 2.05 bits per heavy atom. The molecule has 1 aliphatic heterocycles. The van der Waals surface area contributed by atoms with E-state index < -0.39 is 17.9 Å². The number of nitrogens with zero attached hydrogens (tertiary/aromatic N) is 1. The van der Waals surface area contributed by atoms with Gasteiger partial charge in [0.15, 0.2) is 0 Å². The Bertz CT molecular complexity index is 373. The Morgan fingerprint density at radius 3 is 2.65 bits per heavy atom. The molecule has 0 spiro atoms. The van der Waals surface area contributed by atoms with E-state index in [4.69, 9.17) is 10.8 Å². The molecule has 0 aliphatic carbocycles. The van der Waals surface area contributed by atoms with Gasteiger partial charge in [-0.25, -0.2) is 9.59 Å². The number of hydrogen-bond donors (Lipinski definition) is 3. The van der Waals surface area contributed by atoms with Gasteiger partial charge in [-0.1, -0.05) is 12.8 Å². The van der Waals surface area contributed by atoms with Crippen molar-refractivity contribution in [3.05, 3.63) is 0 Å². The van der Waals surface area contributed by atoms with Crippen molar-refractivity contribution in [1.29, 1.82) is 0 Å². The molecule has 7 nitrogen and oxygen atoms in total. The van der Waals surface area contributed by atoms with Gasteiger partial charge >= 0.3 is 12.0 Å². The number of carbonyl (C=O) groups excluding carboxylic acids is 2. The molecule has 0 saturated carbocycles. The zero-order chi connectivity index (χ0) is 15.1. The molecule has 1 saturated heterocycles. The van der Waals surface area contributed by atoms with Crippen molar-refractivity contribution in [2.24, 2.45) is 5.73 Å². The van der Waals surface area contributed by atoms with Crippen LogP contribution < -0.4 is 11.1 Å². The van der Waals surface area contributed by atoms with Crippen LogP contribution in [0.1, 0.15) is 45.4 Å². The van der Waals surface area contributed by atoms with Crippen molar-refractivity contribution in [2.75, 3.05) is 6.54 Å². The highest BCUT2D eigenvalue weighted by molar-refractivity contribution is 5.83. The van der Waals surface area contributed by atoms with Gasteiger partial charge in [-0.05, 0) is 26.2 Å². The highest BCUT2D eigenvalue weighted by Gasteiger charge is 2.26. The number of amides is 3. The molecule has 2 unspecified atom stereocenters. The highest BCUT2D eigenvalue weighted by Crippen LogP contribution is 2.16. The second-order valence-corrected chi connectivity index (χ2v) is 5.24. The van der Waals surface area contributed by atoms with Gasteiger partial charge in [0, 0.05) is 19.0 Å². The minimum atomic E-state index is -1.15. The molecule has 1 aliphatic rings. The van der Waals surface area contributed by atoms with E-state index in [0.29, 0.717) is 6.54 Å². The number of aliphatic carboxylic acids is 1. The topological polar surface area (TPSA) is 113 Å². The van der Waals surface area contributed by atoms with Gasteiger partial charge in [-0.15, -0.1) is 0 Å². The van der Waals surface area contributed by atoms with Gasteiger partial charge in [0.1, 0.15) is 6.04 Å². The zero-order valence-electron chi connectivity index (χ0n) is 11.8. The van der Waals surface area contributed by atoms with Crippen molar-refractivity contribution in [1.82, 2.24) is 10.2 Å². The van der Waals surface area contributed by atoms with Gasteiger partial charge in [0.25, 0.3) is 0 Å². The largest absolute Gasteiger partial charge is 0.480 e. The van der Waals surface area contributed by atoms with Crippen LogP contribution in [0.5, 0.6) is 0 Å². The monoisotopic (exact) mass is 285 g/mol. The van der Waals surface area contributed by atoms with Gasteiger partial charge in [-0.2, -0.15) is 0 Å². The first-order valence-corrected chi connectivity index (χ1v) is 7.00. The van der Waals surface area contributed by atoms with Crippen LogP contribution in [0.3, 0.4) is 0 Å². The number of rotatable bonds is 5. The molecular weight excluding hydrogens is 262 g/mol. The molecule has 0 aromatic rings. The lowest BCUT2D eigenvalue weighted by Crippen LogP contribution is -2.50. The third-order valence-corrected chi connectivity index (χ3v) is 3.59. The van der Waals surface area contributed by atoms with Crippen molar-refractivity contribution < 1.29 is 19.5 Å². The van der Waals surface area contributed by atoms with E-state index in [1.165, 1.54) is 0 Å². The third kappa shape index (κ3) is 5.07. The van der Waals surface area contributed by atoms with Gasteiger partial charge in [0.05, 0.1) is 0 Å². The summed E-state index contributed by atoms with van der Waals surface area (Å²) >= 11 is 0. The Balaban J connectivity index is 2.59. The molecule has 0 radical (unpaired) electrons. The van der Waals surface area contributed by atoms with Crippen LogP contribution in [-0.4, -0.2) is 46.5 Å². The number of carboxylic acid groups (broad SMARTS) is 1. The Labute approximate surface area is 118 Å². The van der Waals surface area contributed by atoms with E-state index >= 15 is 0 Å². The third-order valence-electron chi connectivity index (χ3n) is 3.59. The molecule has 1 fully saturated rings. The fourth-order valence-corrected chi connectivity index (χ4v) is 2.35. The average Bonchev–Trinajstić information content (AvgIpc) is 2.58. The molecule has 7 heteroatoms. The minimum absolute atomic E-state index is 0.0125. The number of hydrogen-bond acceptors (Lipinski definition) is 3. The zero-order valence-corrected chi connectivity index (χ0v) is 11.8. The summed E-state index contributed by atoms with van der Waals surface area (Å²) in [4.78, 5) is 35.6. The van der Waals surface area contributed by atoms with Crippen LogP contribution in [0.15, 0.2) is 0 Å². The Hall–Kier alpha value is -1.79. The quantitative estimate of drug-likeness (QED) is 0.689. The summed E-state index contributed by atoms with van der Waals surface area (Å²) in [6.45, 7) is 2.60. The van der Waals surface area contributed by atoms with E-state index in [1.54, 1.807) is 4.90 Å². The predicted octanol–water partition coefficient (Wildman–Crippen LogP) is 0.679. The summed E-state index contributed by atoms with van der Waals surface area (Å²) in [6.07, 6.45) is 3.96. The number of primary amides is 1. The van der Waals surface area contributed by atoms with Gasteiger partial charge in [-0.3, -0.25) is 4.79 Å². The fraction of sp³-hybridized carbons (Fsp3) is 0.769. The molecule has 3 amide bonds. The summed E-state index contributed by atoms with van der Waals surface area (Å²) in [5, 5.41) is 11.5. The van der Waals surface area contributed by atoms with E-state index in [1.807, 2.05) is 6.92 Å². The molecule has 4 N–H and O–H groups in total. The molecule has 0 aromatic carbocycles. The summed E-state index contributed by atoms with van der Waals surface area (Å²) in [5.74, 6) is -1.73. The first-order valence-electron chi connectivity index (χ1n) is 7.00. The first kappa shape index (κ1) is 16.3. The van der Waals surface area contributed by atoms with Crippen LogP contribution in [0.2, 0.25) is 0 Å². The molecule has 1 heterocycles. The molecule has 20 heavy (non-hydrogen) atoms. The second kappa shape index (κ2) is 7.72. The lowest BCUT2D eigenvalue weighted by molar-refractivity contribution is -0.139. The number of carbonyl (C=O) groups is 3. The molecule has 2 atom stereocenters. The minimum Gasteiger partial charge on any atom is -0.480 e. The predicted molar refractivity (Wildman–Crippen MR) is 73.0 cm³/mol. The Kier molecular flexibility index (Phi) is 6.27. The lowest BCUT2D eigenvalue weighted by atomic mass is 10.1. The maximum atomic E-state index is 12.2. The van der Waals surface area contributed by atoms with Crippen LogP contribution >= 0.6 is 0 Å². The normalized spacial score (nSPS) is 20.9. The number of carboxylic acids is 1. The van der Waals surface area contributed by atoms with Crippen molar-refractivity contribution in [3.63, 3.8) is 0 Å². The van der Waals surface area contributed by atoms with Gasteiger partial charge in [0.2, 0.25) is 5.91 Å². The van der Waals surface area contributed by atoms with Gasteiger partial charge < -0.3 is 21.1 Å². The van der Waals surface area contributed by atoms with Crippen molar-refractivity contribution >= 4 is 17.9 Å². The Morgan fingerprint density at radius 1 is 1.35 bits per heavy atom. The summed E-state index contributed by atoms with van der Waals surface area (Å²) in [6, 6.07) is -1.36. The number of nitrogens with two attached hydrogens (primary N) is 1. The van der Waals surface area contributed by atoms with Crippen LogP contribution in [0.25, 0.3) is 0 Å². The van der Waals surface area contributed by atoms with E-state index in [-0.39, 0.29) is 24.9 Å². The average molecular weight is 285 g/mol. The maximum Gasteiger partial charge on any atom is 0.326 e. The van der Waals surface area contributed by atoms with E-state index in [2.05, 4.69) is 5.32 Å². The molecule has 1 rings (SSSR count). The number of nitrogens with one attached hydrogen (secondary N) is 1. The lowest BCUT2D eigenvalue weighted by Gasteiger charge is -2.28. The van der Waals surface area contributed by atoms with Crippen LogP contribution in [0, 0.1) is 0 Å². The molecule has 0 aromatic heterocycles. The smallest absolute Gasteiger partial charge is 0.326 e. The molecular formula is C13H23N3O4. The highest BCUT2D eigenvalue weighted by atomic mass is 16.4. The van der Waals surface area contributed by atoms with E-state index in [9.17, 15) is 14.4 Å². The van der Waals surface area contributed by atoms with Crippen molar-refractivity contribution in [2.45, 2.75) is 57.5 Å². The number of likely N-dealkylation sites (tertiary alicyclic amines) is 1. The van der Waals surface area contributed by atoms with Crippen LogP contribution in [0.4, 0.5) is 4.79 Å². The second-order valence-electron chi connectivity index (χ2n) is 5.24. The standard InChI is InChI=1S/C13H23N3O4/c1-9-5-3-2-4-8-16(9)13(20)15-10(12(18)19)6-7-11(14)17/h9-10H,2-8H2,1H3,(H2,14,17)(H,15,20)(H,18,19). The maximum absolute atomic E-state index is 12.2. The molecule has 0 bridgehead atoms. The molecule has 114 valence electrons. The van der Waals surface area contributed by atoms with Crippen molar-refractivity contribution in [3.8, 4) is 0 Å². The summed E-state index contributed by atoms with van der Waals surface area (Å²) in [7, 11) is 0. The summed E-state index contributed by atoms with van der Waals surface area (Å²) in [5.41, 5.74) is 5.00. The van der Waals surface area contributed by atoms with Crippen LogP contribution in [-0.2, 0) is 9.59 Å². The van der Waals surface area contributed by atoms with E-state index in [0.717, 1.165) is 25.7 Å². The summed E-state index contributed by atoms with van der Waals surface area (Å²) < 4.78 is 0. The number of urea groups is 1. The first-order chi connectivity index (χ1) is 9.41.